The summed E-state index contributed by atoms with van der Waals surface area (Å²) in [6.07, 6.45) is 5.80. The molecule has 1 N–H and O–H groups in total. The van der Waals surface area contributed by atoms with Gasteiger partial charge < -0.3 is 14.2 Å². The number of fused-ring (bicyclic) bond motifs is 8. The molecular formula is C119H136N8O19. The highest BCUT2D eigenvalue weighted by Gasteiger charge is 2.49. The predicted molar refractivity (Wildman–Crippen MR) is 566 cm³/mol. The van der Waals surface area contributed by atoms with Crippen molar-refractivity contribution in [2.24, 2.45) is 28.6 Å². The van der Waals surface area contributed by atoms with E-state index in [1.807, 2.05) is 111 Å². The first-order chi connectivity index (χ1) is 67.2. The number of carbonyl (C=O) groups excluding carboxylic acids is 12. The second-order valence-corrected chi connectivity index (χ2v) is 48.9. The van der Waals surface area contributed by atoms with Crippen LogP contribution in [0, 0.1) is 28.6 Å². The number of hydrogen-bond acceptors (Lipinski definition) is 19. The molecule has 0 spiro atoms. The first-order valence-corrected chi connectivity index (χ1v) is 49.6. The Morgan fingerprint density at radius 1 is 0.233 bits per heavy atom. The fourth-order valence-electron chi connectivity index (χ4n) is 19.4. The van der Waals surface area contributed by atoms with Crippen LogP contribution in [0.1, 0.15) is 383 Å². The Kier molecular flexibility index (Phi) is 28.9. The van der Waals surface area contributed by atoms with E-state index in [1.165, 1.54) is 83.6 Å². The van der Waals surface area contributed by atoms with Crippen molar-refractivity contribution >= 4 is 92.4 Å². The Balaban J connectivity index is 0.000000156. The summed E-state index contributed by atoms with van der Waals surface area (Å²) in [5.41, 5.74) is 2.15. The largest absolute Gasteiger partial charge is 0.457 e. The average Bonchev–Trinajstić information content (AvgIpc) is 1.57. The predicted octanol–water partition coefficient (Wildman–Crippen LogP) is 23.3. The van der Waals surface area contributed by atoms with Crippen LogP contribution in [-0.2, 0) is 16.5 Å². The zero-order valence-electron chi connectivity index (χ0n) is 90.1. The molecule has 18 rings (SSSR count). The third-order valence-corrected chi connectivity index (χ3v) is 27.0. The number of hydrogen-bond donors (Lipinski definition) is 1. The second kappa shape index (κ2) is 38.8. The highest BCUT2D eigenvalue weighted by atomic mass is 16.5. The summed E-state index contributed by atoms with van der Waals surface area (Å²) >= 11 is 0. The van der Waals surface area contributed by atoms with E-state index < -0.39 is 72.8 Å². The van der Waals surface area contributed by atoms with Crippen molar-refractivity contribution in [2.75, 3.05) is 0 Å². The smallest absolute Gasteiger partial charge is 0.262 e. The zero-order valence-corrected chi connectivity index (χ0v) is 90.1. The van der Waals surface area contributed by atoms with Crippen molar-refractivity contribution in [3.8, 4) is 45.6 Å². The van der Waals surface area contributed by atoms with Gasteiger partial charge in [0.2, 0.25) is 0 Å². The van der Waals surface area contributed by atoms with E-state index in [0.717, 1.165) is 28.9 Å². The number of imide groups is 6. The van der Waals surface area contributed by atoms with Gasteiger partial charge in [0.05, 0.1) is 88.3 Å². The number of ether oxygens (including phenoxy) is 3. The molecule has 7 aliphatic rings. The lowest BCUT2D eigenvalue weighted by atomic mass is 9.64. The Hall–Kier alpha value is -14.5. The molecule has 27 heteroatoms. The van der Waals surface area contributed by atoms with Gasteiger partial charge in [-0.05, 0) is 355 Å². The lowest BCUT2D eigenvalue weighted by molar-refractivity contribution is 0.0489. The van der Waals surface area contributed by atoms with Gasteiger partial charge in [-0.3, -0.25) is 116 Å². The molecule has 9 aromatic carbocycles. The van der Waals surface area contributed by atoms with E-state index in [1.54, 1.807) is 180 Å². The van der Waals surface area contributed by atoms with Crippen molar-refractivity contribution in [2.45, 2.75) is 291 Å². The Bertz CT molecular complexity index is 7070. The molecule has 0 saturated heterocycles. The summed E-state index contributed by atoms with van der Waals surface area (Å²) < 4.78 is 20.2. The van der Waals surface area contributed by atoms with Crippen molar-refractivity contribution in [3.05, 3.63) is 289 Å². The monoisotopic (exact) mass is 1980 g/mol. The third kappa shape index (κ3) is 21.5. The van der Waals surface area contributed by atoms with Gasteiger partial charge in [-0.2, -0.15) is 0 Å². The normalized spacial score (nSPS) is 16.4. The summed E-state index contributed by atoms with van der Waals surface area (Å²) in [5.74, 6) is 1.56. The summed E-state index contributed by atoms with van der Waals surface area (Å²) in [4.78, 5) is 208. The Labute approximate surface area is 853 Å². The summed E-state index contributed by atoms with van der Waals surface area (Å²) in [7, 11) is 0. The molecule has 8 heterocycles. The van der Waals surface area contributed by atoms with Crippen LogP contribution in [0.25, 0.3) is 32.7 Å². The molecule has 2 aromatic heterocycles. The van der Waals surface area contributed by atoms with Gasteiger partial charge >= 0.3 is 0 Å². The number of rotatable bonds is 9. The van der Waals surface area contributed by atoms with Crippen molar-refractivity contribution in [3.63, 3.8) is 0 Å². The van der Waals surface area contributed by atoms with Gasteiger partial charge in [-0.25, -0.2) is 0 Å². The van der Waals surface area contributed by atoms with Crippen LogP contribution in [0.5, 0.6) is 34.5 Å². The number of amides is 12. The standard InChI is InChI=1S/C35H30N2O6.C24H24N2O5.C24H24N2O4.C18H20N2O4.C14H28.C4H10/c1-34(2,3)37-32(40)27-17-15-25(19-29(27)33(37)41)43-23-12-8-21(9-13-23)35(4,5)20-6-10-22(11-7-20)42-24-14-16-26-28(18-24)31(39)36-30(26)38;1-23(2,3)25-19(27)15-9-7-13(11-17(15)21(25)29)31-14-8-10-16-18(12-14)22(30)26(20(16)28)24(4,5)6;1-23(2,3)25-19(27)15-9-7-13(11-17(15)21(25)29)14-8-10-16-18(12-14)22(30)26(20(16)28)24(4,5)6;1-17(2,3)19-13(21)9-7-11-12(8-10(9)14(19)22)16(24)20(15(11)23)18(4,5)6;1-13(2,3)11-7-9-12(10-8-11)14(4,5)6;1-4(2)3/h6-19H,1-5H3,(H,36,38,39);7-12H,1-6H3;7-12H,1-6H3;7-8H,1-6H3;11-12H,7-10H2,1-6H3;4H,1-3H3. The van der Waals surface area contributed by atoms with Gasteiger partial charge in [-0.1, -0.05) is 113 Å². The topological polar surface area (TPSA) is 339 Å². The number of aromatic nitrogens is 2. The SMILES string of the molecule is CC(C)(C)C1CCC(C(C)(C)C)CC1.CC(C)(C)N1C(=O)c2ccc(-c3ccc4c(c3)C(=O)N(C(C)(C)C)C4=O)cc2C1=O.CC(C)(C)N1C(=O)c2ccc(Oc3ccc4c(c3)C(=O)N(C(C)(C)C)C4=O)cc2C1=O.CC(C)(C)n1c(=O)c2cc3c(=O)n(C(C)(C)C)c(=O)c3cc2c1=O.CC(C)(c1ccc(Oc2ccc3c(c2)C(=O)NC3=O)cc1)c1ccc(Oc2ccc3c(c2)C(=O)N(C(C)(C)C)C3=O)cc1.CC(C)C. The molecule has 0 bridgehead atoms. The lowest BCUT2D eigenvalue weighted by Crippen LogP contribution is -2.45. The first kappa shape index (κ1) is 109. The Morgan fingerprint density at radius 2 is 0.432 bits per heavy atom. The fraction of sp³-hybridized carbons (Fsp3) is 0.412. The number of carbonyl (C=O) groups is 12. The van der Waals surface area contributed by atoms with Crippen molar-refractivity contribution in [1.82, 2.24) is 39.0 Å². The minimum Gasteiger partial charge on any atom is -0.457 e. The zero-order chi connectivity index (χ0) is 108. The summed E-state index contributed by atoms with van der Waals surface area (Å²) in [6.45, 7) is 62.9. The summed E-state index contributed by atoms with van der Waals surface area (Å²) in [5, 5.41) is 3.02. The van der Waals surface area contributed by atoms with Gasteiger partial charge in [0, 0.05) is 44.2 Å². The van der Waals surface area contributed by atoms with Gasteiger partial charge in [-0.15, -0.1) is 0 Å². The van der Waals surface area contributed by atoms with Crippen LogP contribution >= 0.6 is 0 Å². The van der Waals surface area contributed by atoms with Crippen LogP contribution in [-0.4, -0.2) is 132 Å². The molecule has 0 unspecified atom stereocenters. The quantitative estimate of drug-likeness (QED) is 0.131. The van der Waals surface area contributed by atoms with Crippen LogP contribution in [0.15, 0.2) is 189 Å². The van der Waals surface area contributed by atoms with Crippen LogP contribution in [0.4, 0.5) is 0 Å². The van der Waals surface area contributed by atoms with Crippen LogP contribution < -0.4 is 41.8 Å². The molecule has 0 radical (unpaired) electrons. The molecule has 0 atom stereocenters. The van der Waals surface area contributed by atoms with E-state index in [0.29, 0.717) is 112 Å². The van der Waals surface area contributed by atoms with Crippen molar-refractivity contribution in [1.29, 1.82) is 0 Å². The molecule has 1 fully saturated rings. The molecule has 12 amide bonds. The molecule has 766 valence electrons. The van der Waals surface area contributed by atoms with Gasteiger partial charge in [0.25, 0.3) is 93.1 Å². The number of benzene rings is 9. The molecule has 6 aliphatic heterocycles. The van der Waals surface area contributed by atoms with E-state index in [4.69, 9.17) is 14.2 Å². The van der Waals surface area contributed by atoms with Crippen molar-refractivity contribution < 1.29 is 71.7 Å². The maximum Gasteiger partial charge on any atom is 0.262 e. The minimum atomic E-state index is -0.677. The minimum absolute atomic E-state index is 0.186. The third-order valence-electron chi connectivity index (χ3n) is 27.0. The first-order valence-electron chi connectivity index (χ1n) is 49.6. The molecule has 27 nitrogen and oxygen atoms in total. The van der Waals surface area contributed by atoms with Gasteiger partial charge in [0.15, 0.2) is 0 Å². The fourth-order valence-corrected chi connectivity index (χ4v) is 19.4. The lowest BCUT2D eigenvalue weighted by Gasteiger charge is -2.41. The van der Waals surface area contributed by atoms with Gasteiger partial charge in [0.1, 0.15) is 34.5 Å². The van der Waals surface area contributed by atoms with Crippen LogP contribution in [0.2, 0.25) is 0 Å². The van der Waals surface area contributed by atoms with E-state index >= 15 is 0 Å². The van der Waals surface area contributed by atoms with E-state index in [9.17, 15) is 76.7 Å². The summed E-state index contributed by atoms with van der Waals surface area (Å²) in [6, 6.07) is 47.7. The highest BCUT2D eigenvalue weighted by Crippen LogP contribution is 2.47. The van der Waals surface area contributed by atoms with E-state index in [-0.39, 0.29) is 97.2 Å². The Morgan fingerprint density at radius 3 is 0.664 bits per heavy atom. The van der Waals surface area contributed by atoms with E-state index in [2.05, 4.69) is 81.5 Å². The molecular weight excluding hydrogens is 1850 g/mol. The van der Waals surface area contributed by atoms with Crippen LogP contribution in [0.3, 0.4) is 0 Å². The maximum atomic E-state index is 12.9. The second-order valence-electron chi connectivity index (χ2n) is 48.9. The average molecular weight is 1980 g/mol. The molecule has 11 aromatic rings. The maximum absolute atomic E-state index is 12.9. The highest BCUT2D eigenvalue weighted by molar-refractivity contribution is 6.26. The molecule has 146 heavy (non-hydrogen) atoms. The number of nitrogens with one attached hydrogen (secondary N) is 1. The molecule has 1 aliphatic carbocycles. The molecule has 1 saturated carbocycles. The number of nitrogens with zero attached hydrogens (tertiary/aromatic N) is 7.